The Balaban J connectivity index is 2.06. The Morgan fingerprint density at radius 2 is 1.67 bits per heavy atom. The summed E-state index contributed by atoms with van der Waals surface area (Å²) in [6.07, 6.45) is 1.55. The molecule has 1 heterocycles. The predicted octanol–water partition coefficient (Wildman–Crippen LogP) is 3.37. The van der Waals surface area contributed by atoms with Crippen LogP contribution in [0.5, 0.6) is 0 Å². The van der Waals surface area contributed by atoms with Gasteiger partial charge in [0.15, 0.2) is 0 Å². The molecule has 1 aliphatic rings. The Morgan fingerprint density at radius 1 is 1.00 bits per heavy atom. The summed E-state index contributed by atoms with van der Waals surface area (Å²) in [7, 11) is 0. The highest BCUT2D eigenvalue weighted by Crippen LogP contribution is 2.30. The first-order valence-corrected chi connectivity index (χ1v) is 7.72. The van der Waals surface area contributed by atoms with E-state index in [-0.39, 0.29) is 18.4 Å². The third-order valence-corrected chi connectivity index (χ3v) is 3.86. The van der Waals surface area contributed by atoms with Crippen molar-refractivity contribution in [2.45, 2.75) is 6.92 Å². The number of amides is 2. The largest absolute Gasteiger partial charge is 0.350 e. The molecule has 0 atom stereocenters. The maximum absolute atomic E-state index is 12.7. The number of carbonyl (C=O) groups is 2. The molecule has 0 saturated heterocycles. The SMILES string of the molecule is C=CCN1C(=O)C(Nc2ccc(C)cc2)=C(c2ccccc2)C1=O. The van der Waals surface area contributed by atoms with Crippen molar-refractivity contribution in [1.29, 1.82) is 0 Å². The van der Waals surface area contributed by atoms with Crippen LogP contribution in [0, 0.1) is 6.92 Å². The number of carbonyl (C=O) groups excluding carboxylic acids is 2. The molecule has 2 amide bonds. The van der Waals surface area contributed by atoms with E-state index in [9.17, 15) is 9.59 Å². The number of hydrogen-bond donors (Lipinski definition) is 1. The zero-order valence-corrected chi connectivity index (χ0v) is 13.5. The van der Waals surface area contributed by atoms with Gasteiger partial charge < -0.3 is 5.32 Å². The lowest BCUT2D eigenvalue weighted by Crippen LogP contribution is -2.32. The smallest absolute Gasteiger partial charge is 0.278 e. The van der Waals surface area contributed by atoms with Gasteiger partial charge in [-0.1, -0.05) is 54.1 Å². The van der Waals surface area contributed by atoms with Crippen LogP contribution < -0.4 is 5.32 Å². The fraction of sp³-hybridized carbons (Fsp3) is 0.100. The van der Waals surface area contributed by atoms with Gasteiger partial charge in [-0.05, 0) is 24.6 Å². The lowest BCUT2D eigenvalue weighted by atomic mass is 10.0. The summed E-state index contributed by atoms with van der Waals surface area (Å²) in [4.78, 5) is 26.6. The molecule has 0 spiro atoms. The average molecular weight is 318 g/mol. The van der Waals surface area contributed by atoms with Gasteiger partial charge in [0, 0.05) is 12.2 Å². The Hall–Kier alpha value is -3.14. The van der Waals surface area contributed by atoms with Gasteiger partial charge >= 0.3 is 0 Å². The first-order valence-electron chi connectivity index (χ1n) is 7.72. The fourth-order valence-electron chi connectivity index (χ4n) is 2.64. The van der Waals surface area contributed by atoms with Crippen LogP contribution >= 0.6 is 0 Å². The van der Waals surface area contributed by atoms with Crippen molar-refractivity contribution in [3.05, 3.63) is 84.1 Å². The molecule has 120 valence electrons. The molecule has 3 rings (SSSR count). The number of rotatable bonds is 5. The molecule has 0 radical (unpaired) electrons. The van der Waals surface area contributed by atoms with Crippen molar-refractivity contribution in [2.75, 3.05) is 11.9 Å². The minimum atomic E-state index is -0.334. The number of aryl methyl sites for hydroxylation is 1. The molecule has 1 N–H and O–H groups in total. The first-order chi connectivity index (χ1) is 11.6. The van der Waals surface area contributed by atoms with Crippen molar-refractivity contribution in [3.63, 3.8) is 0 Å². The quantitative estimate of drug-likeness (QED) is 0.679. The number of benzene rings is 2. The number of nitrogens with one attached hydrogen (secondary N) is 1. The minimum absolute atomic E-state index is 0.188. The number of anilines is 1. The Kier molecular flexibility index (Phi) is 4.29. The molecule has 0 saturated carbocycles. The highest BCUT2D eigenvalue weighted by molar-refractivity contribution is 6.36. The molecule has 4 heteroatoms. The molecule has 4 nitrogen and oxygen atoms in total. The highest BCUT2D eigenvalue weighted by Gasteiger charge is 2.38. The van der Waals surface area contributed by atoms with Gasteiger partial charge in [0.25, 0.3) is 11.8 Å². The molecular formula is C20H18N2O2. The Labute approximate surface area is 141 Å². The molecule has 24 heavy (non-hydrogen) atoms. The number of imide groups is 1. The topological polar surface area (TPSA) is 49.4 Å². The Morgan fingerprint density at radius 3 is 2.29 bits per heavy atom. The zero-order valence-electron chi connectivity index (χ0n) is 13.5. The summed E-state index contributed by atoms with van der Waals surface area (Å²) in [5, 5.41) is 3.12. The van der Waals surface area contributed by atoms with E-state index in [0.717, 1.165) is 16.8 Å². The molecule has 0 bridgehead atoms. The summed E-state index contributed by atoms with van der Waals surface area (Å²) in [6, 6.07) is 16.9. The molecule has 0 fully saturated rings. The van der Waals surface area contributed by atoms with Crippen molar-refractivity contribution < 1.29 is 9.59 Å². The van der Waals surface area contributed by atoms with Crippen molar-refractivity contribution in [3.8, 4) is 0 Å². The van der Waals surface area contributed by atoms with Crippen LogP contribution in [-0.4, -0.2) is 23.3 Å². The maximum Gasteiger partial charge on any atom is 0.278 e. The van der Waals surface area contributed by atoms with E-state index in [0.29, 0.717) is 11.3 Å². The monoisotopic (exact) mass is 318 g/mol. The number of nitrogens with zero attached hydrogens (tertiary/aromatic N) is 1. The van der Waals surface area contributed by atoms with Crippen LogP contribution in [-0.2, 0) is 9.59 Å². The maximum atomic E-state index is 12.7. The summed E-state index contributed by atoms with van der Waals surface area (Å²) in [6.45, 7) is 5.81. The summed E-state index contributed by atoms with van der Waals surface area (Å²) >= 11 is 0. The van der Waals surface area contributed by atoms with Crippen LogP contribution in [0.25, 0.3) is 5.57 Å². The van der Waals surface area contributed by atoms with Crippen LogP contribution in [0.15, 0.2) is 72.9 Å². The summed E-state index contributed by atoms with van der Waals surface area (Å²) in [5.74, 6) is -0.639. The van der Waals surface area contributed by atoms with E-state index in [1.165, 1.54) is 4.90 Å². The van der Waals surface area contributed by atoms with E-state index >= 15 is 0 Å². The van der Waals surface area contributed by atoms with Crippen LogP contribution in [0.1, 0.15) is 11.1 Å². The lowest BCUT2D eigenvalue weighted by molar-refractivity contribution is -0.136. The second kappa shape index (κ2) is 6.54. The van der Waals surface area contributed by atoms with Crippen LogP contribution in [0.3, 0.4) is 0 Å². The molecule has 2 aromatic rings. The average Bonchev–Trinajstić information content (AvgIpc) is 2.82. The second-order valence-corrected chi connectivity index (χ2v) is 5.62. The van der Waals surface area contributed by atoms with E-state index < -0.39 is 0 Å². The van der Waals surface area contributed by atoms with Gasteiger partial charge in [-0.2, -0.15) is 0 Å². The Bertz CT molecular complexity index is 820. The van der Waals surface area contributed by atoms with E-state index in [2.05, 4.69) is 11.9 Å². The van der Waals surface area contributed by atoms with Gasteiger partial charge in [-0.25, -0.2) is 0 Å². The molecule has 1 aliphatic heterocycles. The molecule has 0 aromatic heterocycles. The van der Waals surface area contributed by atoms with Crippen molar-refractivity contribution >= 4 is 23.1 Å². The summed E-state index contributed by atoms with van der Waals surface area (Å²) < 4.78 is 0. The van der Waals surface area contributed by atoms with Gasteiger partial charge in [0.2, 0.25) is 0 Å². The summed E-state index contributed by atoms with van der Waals surface area (Å²) in [5.41, 5.74) is 3.31. The third kappa shape index (κ3) is 2.86. The normalized spacial score (nSPS) is 14.3. The molecule has 0 unspecified atom stereocenters. The van der Waals surface area contributed by atoms with Gasteiger partial charge in [0.1, 0.15) is 5.70 Å². The zero-order chi connectivity index (χ0) is 17.1. The van der Waals surface area contributed by atoms with Crippen LogP contribution in [0.2, 0.25) is 0 Å². The molecular weight excluding hydrogens is 300 g/mol. The second-order valence-electron chi connectivity index (χ2n) is 5.62. The minimum Gasteiger partial charge on any atom is -0.350 e. The van der Waals surface area contributed by atoms with Crippen LogP contribution in [0.4, 0.5) is 5.69 Å². The molecule has 0 aliphatic carbocycles. The van der Waals surface area contributed by atoms with E-state index in [4.69, 9.17) is 0 Å². The van der Waals surface area contributed by atoms with Gasteiger partial charge in [0.05, 0.1) is 5.57 Å². The fourth-order valence-corrected chi connectivity index (χ4v) is 2.64. The van der Waals surface area contributed by atoms with Gasteiger partial charge in [-0.15, -0.1) is 6.58 Å². The van der Waals surface area contributed by atoms with Gasteiger partial charge in [-0.3, -0.25) is 14.5 Å². The number of hydrogen-bond acceptors (Lipinski definition) is 3. The predicted molar refractivity (Wildman–Crippen MR) is 95.1 cm³/mol. The first kappa shape index (κ1) is 15.7. The van der Waals surface area contributed by atoms with Crippen molar-refractivity contribution in [2.24, 2.45) is 0 Å². The van der Waals surface area contributed by atoms with Crippen molar-refractivity contribution in [1.82, 2.24) is 4.90 Å². The molecule has 2 aromatic carbocycles. The highest BCUT2D eigenvalue weighted by atomic mass is 16.2. The lowest BCUT2D eigenvalue weighted by Gasteiger charge is -2.12. The van der Waals surface area contributed by atoms with E-state index in [1.54, 1.807) is 6.08 Å². The van der Waals surface area contributed by atoms with E-state index in [1.807, 2.05) is 61.5 Å². The third-order valence-electron chi connectivity index (χ3n) is 3.86. The standard InChI is InChI=1S/C20H18N2O2/c1-3-13-22-19(23)17(15-7-5-4-6-8-15)18(20(22)24)21-16-11-9-14(2)10-12-16/h3-12,21H,1,13H2,2H3.